The van der Waals surface area contributed by atoms with Crippen LogP contribution in [0, 0.1) is 0 Å². The molecule has 2 fully saturated rings. The van der Waals surface area contributed by atoms with Gasteiger partial charge in [0.1, 0.15) is 0 Å². The SMILES string of the molecule is NC1CC(OC2CS(=O)(=O)CC2O)C1. The maximum atomic E-state index is 11.1. The number of rotatable bonds is 2. The van der Waals surface area contributed by atoms with Gasteiger partial charge in [-0.1, -0.05) is 0 Å². The largest absolute Gasteiger partial charge is 0.389 e. The van der Waals surface area contributed by atoms with Gasteiger partial charge in [-0.2, -0.15) is 0 Å². The van der Waals surface area contributed by atoms with Crippen molar-refractivity contribution in [2.24, 2.45) is 5.73 Å². The Kier molecular flexibility index (Phi) is 2.55. The molecule has 1 aliphatic carbocycles. The first-order chi connectivity index (χ1) is 6.46. The van der Waals surface area contributed by atoms with Crippen LogP contribution in [-0.2, 0) is 14.6 Å². The van der Waals surface area contributed by atoms with Crippen LogP contribution < -0.4 is 5.73 Å². The van der Waals surface area contributed by atoms with Crippen molar-refractivity contribution >= 4 is 9.84 Å². The van der Waals surface area contributed by atoms with E-state index in [1.807, 2.05) is 0 Å². The van der Waals surface area contributed by atoms with Gasteiger partial charge in [-0.3, -0.25) is 0 Å². The Morgan fingerprint density at radius 3 is 2.36 bits per heavy atom. The monoisotopic (exact) mass is 221 g/mol. The van der Waals surface area contributed by atoms with Gasteiger partial charge in [-0.15, -0.1) is 0 Å². The van der Waals surface area contributed by atoms with Crippen LogP contribution in [0.4, 0.5) is 0 Å². The van der Waals surface area contributed by atoms with E-state index in [-0.39, 0.29) is 23.7 Å². The highest BCUT2D eigenvalue weighted by molar-refractivity contribution is 7.91. The summed E-state index contributed by atoms with van der Waals surface area (Å²) in [6.07, 6.45) is 0.166. The molecule has 2 atom stereocenters. The summed E-state index contributed by atoms with van der Waals surface area (Å²) < 4.78 is 27.7. The maximum absolute atomic E-state index is 11.1. The van der Waals surface area contributed by atoms with Crippen molar-refractivity contribution in [3.05, 3.63) is 0 Å². The lowest BCUT2D eigenvalue weighted by Crippen LogP contribution is -2.45. The number of aliphatic hydroxyl groups excluding tert-OH is 1. The molecule has 0 radical (unpaired) electrons. The zero-order valence-corrected chi connectivity index (χ0v) is 8.61. The molecule has 0 spiro atoms. The van der Waals surface area contributed by atoms with E-state index in [4.69, 9.17) is 10.5 Å². The summed E-state index contributed by atoms with van der Waals surface area (Å²) in [6.45, 7) is 0. The summed E-state index contributed by atoms with van der Waals surface area (Å²) in [6, 6.07) is 0.176. The van der Waals surface area contributed by atoms with Crippen LogP contribution >= 0.6 is 0 Å². The summed E-state index contributed by atoms with van der Waals surface area (Å²) in [5, 5.41) is 9.42. The number of hydrogen-bond acceptors (Lipinski definition) is 5. The summed E-state index contributed by atoms with van der Waals surface area (Å²) in [4.78, 5) is 0. The van der Waals surface area contributed by atoms with Gasteiger partial charge in [0.05, 0.1) is 29.8 Å². The molecule has 1 saturated carbocycles. The smallest absolute Gasteiger partial charge is 0.155 e. The molecule has 0 aromatic rings. The molecule has 2 rings (SSSR count). The summed E-state index contributed by atoms with van der Waals surface area (Å²) in [5.74, 6) is -0.226. The van der Waals surface area contributed by atoms with Crippen molar-refractivity contribution in [2.45, 2.75) is 37.2 Å². The van der Waals surface area contributed by atoms with E-state index >= 15 is 0 Å². The third-order valence-electron chi connectivity index (χ3n) is 2.77. The Balaban J connectivity index is 1.87. The average Bonchev–Trinajstić information content (AvgIpc) is 2.22. The predicted molar refractivity (Wildman–Crippen MR) is 50.5 cm³/mol. The predicted octanol–water partition coefficient (Wildman–Crippen LogP) is -1.35. The van der Waals surface area contributed by atoms with Gasteiger partial charge in [-0.25, -0.2) is 8.42 Å². The van der Waals surface area contributed by atoms with Crippen LogP contribution in [-0.4, -0.2) is 49.4 Å². The first-order valence-corrected chi connectivity index (χ1v) is 6.58. The number of sulfone groups is 1. The van der Waals surface area contributed by atoms with Crippen LogP contribution in [0.1, 0.15) is 12.8 Å². The Morgan fingerprint density at radius 2 is 1.93 bits per heavy atom. The van der Waals surface area contributed by atoms with E-state index in [1.54, 1.807) is 0 Å². The zero-order valence-electron chi connectivity index (χ0n) is 7.80. The molecule has 1 aliphatic heterocycles. The minimum Gasteiger partial charge on any atom is -0.389 e. The number of aliphatic hydroxyl groups is 1. The van der Waals surface area contributed by atoms with E-state index in [0.717, 1.165) is 12.8 Å². The van der Waals surface area contributed by atoms with Crippen LogP contribution in [0.3, 0.4) is 0 Å². The molecule has 1 saturated heterocycles. The van der Waals surface area contributed by atoms with E-state index < -0.39 is 22.0 Å². The second-order valence-corrected chi connectivity index (χ2v) is 6.33. The van der Waals surface area contributed by atoms with E-state index in [1.165, 1.54) is 0 Å². The Labute approximate surface area is 83.2 Å². The lowest BCUT2D eigenvalue weighted by Gasteiger charge is -2.34. The van der Waals surface area contributed by atoms with Crippen LogP contribution in [0.25, 0.3) is 0 Å². The molecule has 0 bridgehead atoms. The number of ether oxygens (including phenoxy) is 1. The molecule has 0 amide bonds. The second kappa shape index (κ2) is 3.44. The quantitative estimate of drug-likeness (QED) is 0.602. The molecule has 82 valence electrons. The molecule has 0 aromatic heterocycles. The number of hydrogen-bond donors (Lipinski definition) is 2. The van der Waals surface area contributed by atoms with E-state index in [9.17, 15) is 13.5 Å². The fourth-order valence-corrected chi connectivity index (χ4v) is 3.56. The van der Waals surface area contributed by atoms with Gasteiger partial charge >= 0.3 is 0 Å². The normalized spacial score (nSPS) is 46.1. The Bertz CT molecular complexity index is 309. The van der Waals surface area contributed by atoms with Crippen molar-refractivity contribution in [3.8, 4) is 0 Å². The van der Waals surface area contributed by atoms with Crippen molar-refractivity contribution < 1.29 is 18.3 Å². The third-order valence-corrected chi connectivity index (χ3v) is 4.46. The van der Waals surface area contributed by atoms with Gasteiger partial charge in [-0.05, 0) is 12.8 Å². The third kappa shape index (κ3) is 2.08. The highest BCUT2D eigenvalue weighted by atomic mass is 32.2. The molecule has 5 nitrogen and oxygen atoms in total. The molecule has 14 heavy (non-hydrogen) atoms. The zero-order chi connectivity index (χ0) is 10.3. The van der Waals surface area contributed by atoms with Crippen molar-refractivity contribution in [1.82, 2.24) is 0 Å². The van der Waals surface area contributed by atoms with Gasteiger partial charge in [0.2, 0.25) is 0 Å². The molecule has 2 unspecified atom stereocenters. The summed E-state index contributed by atoms with van der Waals surface area (Å²) >= 11 is 0. The van der Waals surface area contributed by atoms with Crippen molar-refractivity contribution in [1.29, 1.82) is 0 Å². The van der Waals surface area contributed by atoms with Gasteiger partial charge in [0, 0.05) is 6.04 Å². The Morgan fingerprint density at radius 1 is 1.29 bits per heavy atom. The minimum absolute atomic E-state index is 0.0398. The molecule has 2 aliphatic rings. The fraction of sp³-hybridized carbons (Fsp3) is 1.00. The fourth-order valence-electron chi connectivity index (χ4n) is 1.89. The van der Waals surface area contributed by atoms with Crippen LogP contribution in [0.5, 0.6) is 0 Å². The second-order valence-electron chi connectivity index (χ2n) is 4.17. The van der Waals surface area contributed by atoms with Crippen molar-refractivity contribution in [3.63, 3.8) is 0 Å². The van der Waals surface area contributed by atoms with Crippen LogP contribution in [0.15, 0.2) is 0 Å². The lowest BCUT2D eigenvalue weighted by atomic mass is 9.90. The first kappa shape index (κ1) is 10.4. The van der Waals surface area contributed by atoms with Gasteiger partial charge < -0.3 is 15.6 Å². The topological polar surface area (TPSA) is 89.6 Å². The summed E-state index contributed by atoms with van der Waals surface area (Å²) in [7, 11) is -3.09. The highest BCUT2D eigenvalue weighted by Crippen LogP contribution is 2.26. The van der Waals surface area contributed by atoms with Crippen molar-refractivity contribution in [2.75, 3.05) is 11.5 Å². The molecule has 6 heteroatoms. The maximum Gasteiger partial charge on any atom is 0.155 e. The van der Waals surface area contributed by atoms with Gasteiger partial charge in [0.25, 0.3) is 0 Å². The molecular formula is C8H15NO4S. The highest BCUT2D eigenvalue weighted by Gasteiger charge is 2.40. The summed E-state index contributed by atoms with van der Waals surface area (Å²) in [5.41, 5.74) is 5.57. The van der Waals surface area contributed by atoms with E-state index in [2.05, 4.69) is 0 Å². The molecule has 3 N–H and O–H groups in total. The first-order valence-electron chi connectivity index (χ1n) is 4.76. The molecule has 1 heterocycles. The van der Waals surface area contributed by atoms with Crippen LogP contribution in [0.2, 0.25) is 0 Å². The standard InChI is InChI=1S/C8H15NO4S/c9-5-1-6(2-5)13-8-4-14(11,12)3-7(8)10/h5-8,10H,1-4,9H2. The minimum atomic E-state index is -3.09. The molecule has 0 aromatic carbocycles. The van der Waals surface area contributed by atoms with E-state index in [0.29, 0.717) is 0 Å². The molecular weight excluding hydrogens is 206 g/mol. The lowest BCUT2D eigenvalue weighted by molar-refractivity contribution is -0.0864. The number of nitrogens with two attached hydrogens (primary N) is 1. The Hall–Kier alpha value is -0.170. The average molecular weight is 221 g/mol. The van der Waals surface area contributed by atoms with Gasteiger partial charge in [0.15, 0.2) is 9.84 Å².